The Balaban J connectivity index is 1.69. The third-order valence-corrected chi connectivity index (χ3v) is 9.10. The number of rotatable bonds is 8. The largest absolute Gasteiger partial charge is 0.481 e. The van der Waals surface area contributed by atoms with Gasteiger partial charge < -0.3 is 31.5 Å². The van der Waals surface area contributed by atoms with Gasteiger partial charge in [0.1, 0.15) is 0 Å². The molecule has 0 saturated carbocycles. The lowest BCUT2D eigenvalue weighted by Gasteiger charge is -2.16. The monoisotopic (exact) mass is 568 g/mol. The zero-order valence-corrected chi connectivity index (χ0v) is 24.7. The van der Waals surface area contributed by atoms with Crippen LogP contribution in [0.25, 0.3) is 0 Å². The summed E-state index contributed by atoms with van der Waals surface area (Å²) in [4.78, 5) is 23.1. The Morgan fingerprint density at radius 1 is 0.833 bits per heavy atom. The third kappa shape index (κ3) is 5.29. The van der Waals surface area contributed by atoms with Gasteiger partial charge >= 0.3 is 11.9 Å². The maximum atomic E-state index is 11.6. The SMILES string of the molecule is C=CC1=C(C)C2/C=C3\NC(=C(CCC(=O)O)C3C)/C=C3\NC(/C=C4\NC(=C(C)C4C=C)/C=C/1N2)C(C)=C3CCC(=O)O. The summed E-state index contributed by atoms with van der Waals surface area (Å²) in [6.07, 6.45) is 13.2. The highest BCUT2D eigenvalue weighted by Crippen LogP contribution is 2.39. The molecule has 220 valence electrons. The van der Waals surface area contributed by atoms with E-state index in [0.29, 0.717) is 12.8 Å². The molecule has 5 rings (SSSR count). The molecule has 0 aromatic heterocycles. The summed E-state index contributed by atoms with van der Waals surface area (Å²) in [7, 11) is 0. The van der Waals surface area contributed by atoms with Crippen molar-refractivity contribution >= 4 is 11.9 Å². The molecule has 0 aliphatic carbocycles. The van der Waals surface area contributed by atoms with E-state index < -0.39 is 11.9 Å². The van der Waals surface area contributed by atoms with Crippen molar-refractivity contribution in [3.05, 3.63) is 117 Å². The van der Waals surface area contributed by atoms with Crippen molar-refractivity contribution in [3.8, 4) is 0 Å². The van der Waals surface area contributed by atoms with E-state index in [4.69, 9.17) is 0 Å². The van der Waals surface area contributed by atoms with Gasteiger partial charge in [-0.3, -0.25) is 9.59 Å². The van der Waals surface area contributed by atoms with Crippen molar-refractivity contribution in [2.75, 3.05) is 0 Å². The van der Waals surface area contributed by atoms with Gasteiger partial charge in [-0.2, -0.15) is 0 Å². The van der Waals surface area contributed by atoms with Crippen molar-refractivity contribution in [3.63, 3.8) is 0 Å². The second-order valence-corrected chi connectivity index (χ2v) is 11.6. The maximum absolute atomic E-state index is 11.6. The van der Waals surface area contributed by atoms with Gasteiger partial charge in [-0.15, -0.1) is 6.58 Å². The predicted molar refractivity (Wildman–Crippen MR) is 164 cm³/mol. The van der Waals surface area contributed by atoms with Crippen molar-refractivity contribution < 1.29 is 19.8 Å². The fourth-order valence-electron chi connectivity index (χ4n) is 6.56. The lowest BCUT2D eigenvalue weighted by atomic mass is 9.93. The van der Waals surface area contributed by atoms with Crippen LogP contribution in [0.2, 0.25) is 0 Å². The summed E-state index contributed by atoms with van der Waals surface area (Å²) in [5, 5.41) is 33.5. The van der Waals surface area contributed by atoms with Gasteiger partial charge in [0.2, 0.25) is 0 Å². The molecule has 0 saturated heterocycles. The van der Waals surface area contributed by atoms with E-state index in [9.17, 15) is 19.8 Å². The van der Waals surface area contributed by atoms with Crippen LogP contribution in [-0.2, 0) is 9.59 Å². The molecule has 6 N–H and O–H groups in total. The van der Waals surface area contributed by atoms with Crippen LogP contribution in [0.4, 0.5) is 0 Å². The Kier molecular flexibility index (Phi) is 7.91. The van der Waals surface area contributed by atoms with Gasteiger partial charge in [0.05, 0.1) is 12.1 Å². The van der Waals surface area contributed by atoms with E-state index in [2.05, 4.69) is 73.4 Å². The average Bonchev–Trinajstić information content (AvgIpc) is 3.59. The Morgan fingerprint density at radius 3 is 2.10 bits per heavy atom. The van der Waals surface area contributed by atoms with Crippen LogP contribution >= 0.6 is 0 Å². The van der Waals surface area contributed by atoms with Crippen LogP contribution in [-0.4, -0.2) is 34.2 Å². The second kappa shape index (κ2) is 11.4. The number of hydrogen-bond acceptors (Lipinski definition) is 6. The summed E-state index contributed by atoms with van der Waals surface area (Å²) >= 11 is 0. The first-order valence-electron chi connectivity index (χ1n) is 14.5. The van der Waals surface area contributed by atoms with Crippen molar-refractivity contribution in [2.24, 2.45) is 11.8 Å². The summed E-state index contributed by atoms with van der Waals surface area (Å²) in [5.41, 5.74) is 12.2. The fraction of sp³-hybridized carbons (Fsp3) is 0.353. The molecule has 0 radical (unpaired) electrons. The van der Waals surface area contributed by atoms with Crippen LogP contribution in [0, 0.1) is 11.8 Å². The smallest absolute Gasteiger partial charge is 0.303 e. The van der Waals surface area contributed by atoms with Crippen molar-refractivity contribution in [2.45, 2.75) is 65.5 Å². The number of allylic oxidation sites excluding steroid dienone is 6. The first-order valence-corrected chi connectivity index (χ1v) is 14.5. The molecule has 0 amide bonds. The fourth-order valence-corrected chi connectivity index (χ4v) is 6.56. The number of fused-ring (bicyclic) bond motifs is 8. The molecule has 0 aromatic rings. The topological polar surface area (TPSA) is 123 Å². The molecule has 4 unspecified atom stereocenters. The molecule has 0 spiro atoms. The maximum Gasteiger partial charge on any atom is 0.303 e. The van der Waals surface area contributed by atoms with Gasteiger partial charge in [0.15, 0.2) is 0 Å². The van der Waals surface area contributed by atoms with E-state index in [1.54, 1.807) is 0 Å². The standard InChI is InChI=1S/C34H40N4O4/c1-7-21-17(3)25-13-26-19(5)23(9-11-33(39)40)31(37-26)16-32-24(10-12-34(41)42)20(6)28(38-32)15-30-22(8-2)18(4)27(36-30)14-29(21)35-25/h7-8,13-16,19,22,25,28,35-38H,1-2,9-12H2,3-6H3,(H,39,40)(H,41,42)/b26-13-,29-14-,30-15-,32-16-. The quantitative estimate of drug-likeness (QED) is 0.221. The number of nitrogens with one attached hydrogen (secondary N) is 4. The number of carbonyl (C=O) groups is 2. The Labute approximate surface area is 247 Å². The van der Waals surface area contributed by atoms with Crippen LogP contribution in [0.15, 0.2) is 117 Å². The predicted octanol–water partition coefficient (Wildman–Crippen LogP) is 5.20. The Morgan fingerprint density at radius 2 is 1.43 bits per heavy atom. The number of carboxylic acids is 2. The van der Waals surface area contributed by atoms with E-state index >= 15 is 0 Å². The van der Waals surface area contributed by atoms with Crippen LogP contribution in [0.3, 0.4) is 0 Å². The minimum absolute atomic E-state index is 0.00969. The molecule has 8 nitrogen and oxygen atoms in total. The van der Waals surface area contributed by atoms with Gasteiger partial charge in [-0.05, 0) is 91.4 Å². The van der Waals surface area contributed by atoms with E-state index in [1.165, 1.54) is 5.57 Å². The lowest BCUT2D eigenvalue weighted by molar-refractivity contribution is -0.138. The van der Waals surface area contributed by atoms with Crippen LogP contribution in [0.5, 0.6) is 0 Å². The van der Waals surface area contributed by atoms with Crippen LogP contribution < -0.4 is 21.3 Å². The Bertz CT molecular complexity index is 1530. The molecule has 8 bridgehead atoms. The molecule has 42 heavy (non-hydrogen) atoms. The third-order valence-electron chi connectivity index (χ3n) is 9.10. The van der Waals surface area contributed by atoms with Crippen LogP contribution in [0.1, 0.15) is 53.4 Å². The summed E-state index contributed by atoms with van der Waals surface area (Å²) in [6, 6.07) is -0.209. The van der Waals surface area contributed by atoms with Crippen molar-refractivity contribution in [1.82, 2.24) is 21.3 Å². The zero-order valence-electron chi connectivity index (χ0n) is 24.7. The second-order valence-electron chi connectivity index (χ2n) is 11.6. The molecular formula is C34H40N4O4. The summed E-state index contributed by atoms with van der Waals surface area (Å²) < 4.78 is 0. The minimum Gasteiger partial charge on any atom is -0.481 e. The molecule has 4 atom stereocenters. The average molecular weight is 569 g/mol. The molecule has 8 heteroatoms. The first kappa shape index (κ1) is 29.0. The van der Waals surface area contributed by atoms with E-state index in [0.717, 1.165) is 62.0 Å². The molecule has 5 aliphatic heterocycles. The molecule has 5 heterocycles. The summed E-state index contributed by atoms with van der Waals surface area (Å²) in [6.45, 7) is 16.6. The first-order chi connectivity index (χ1) is 20.0. The molecule has 5 aliphatic rings. The molecule has 0 aromatic carbocycles. The highest BCUT2D eigenvalue weighted by molar-refractivity contribution is 5.68. The zero-order chi connectivity index (χ0) is 30.3. The van der Waals surface area contributed by atoms with Gasteiger partial charge in [0.25, 0.3) is 0 Å². The number of hydrogen-bond donors (Lipinski definition) is 6. The number of aliphatic carboxylic acids is 2. The minimum atomic E-state index is -0.847. The van der Waals surface area contributed by atoms with Gasteiger partial charge in [0, 0.05) is 58.9 Å². The molecule has 0 fully saturated rings. The summed E-state index contributed by atoms with van der Waals surface area (Å²) in [5.74, 6) is -1.69. The number of carboxylic acid groups (broad SMARTS) is 2. The van der Waals surface area contributed by atoms with Crippen molar-refractivity contribution in [1.29, 1.82) is 0 Å². The van der Waals surface area contributed by atoms with E-state index in [1.807, 2.05) is 25.2 Å². The molecular weight excluding hydrogens is 528 g/mol. The normalized spacial score (nSPS) is 31.5. The Hall–Kier alpha value is -4.46. The highest BCUT2D eigenvalue weighted by Gasteiger charge is 2.33. The van der Waals surface area contributed by atoms with Gasteiger partial charge in [-0.1, -0.05) is 25.7 Å². The van der Waals surface area contributed by atoms with Gasteiger partial charge in [-0.25, -0.2) is 0 Å². The highest BCUT2D eigenvalue weighted by atomic mass is 16.4. The van der Waals surface area contributed by atoms with E-state index in [-0.39, 0.29) is 36.8 Å². The lowest BCUT2D eigenvalue weighted by Crippen LogP contribution is -2.25.